The van der Waals surface area contributed by atoms with Gasteiger partial charge in [0, 0.05) is 24.7 Å². The third kappa shape index (κ3) is 6.02. The molecular formula is C30H34FN5O4. The number of aromatic hydroxyl groups is 1. The van der Waals surface area contributed by atoms with E-state index in [4.69, 9.17) is 14.5 Å². The molecule has 5 rings (SSSR count). The van der Waals surface area contributed by atoms with E-state index < -0.39 is 6.10 Å². The number of aryl methyl sites for hydroxylation is 1. The maximum atomic E-state index is 14.0. The molecular weight excluding hydrogens is 513 g/mol. The number of hydrogen-bond donors (Lipinski definition) is 3. The first kappa shape index (κ1) is 27.4. The molecule has 0 bridgehead atoms. The average Bonchev–Trinajstić information content (AvgIpc) is 3.47. The van der Waals surface area contributed by atoms with Crippen molar-refractivity contribution in [2.45, 2.75) is 44.2 Å². The summed E-state index contributed by atoms with van der Waals surface area (Å²) in [6, 6.07) is 13.3. The quantitative estimate of drug-likeness (QED) is 0.238. The minimum absolute atomic E-state index is 0.0776. The summed E-state index contributed by atoms with van der Waals surface area (Å²) in [5, 5.41) is 24.3. The number of ether oxygens (including phenoxy) is 2. The second-order valence-electron chi connectivity index (χ2n) is 9.90. The van der Waals surface area contributed by atoms with Crippen LogP contribution in [0.5, 0.6) is 17.2 Å². The Balaban J connectivity index is 1.25. The van der Waals surface area contributed by atoms with E-state index in [0.29, 0.717) is 54.0 Å². The number of phenols is 1. The van der Waals surface area contributed by atoms with Gasteiger partial charge in [-0.25, -0.2) is 19.3 Å². The van der Waals surface area contributed by atoms with Crippen molar-refractivity contribution < 1.29 is 24.1 Å². The second-order valence-corrected chi connectivity index (χ2v) is 9.90. The summed E-state index contributed by atoms with van der Waals surface area (Å²) in [6.45, 7) is 1.24. The summed E-state index contributed by atoms with van der Waals surface area (Å²) in [5.41, 5.74) is 2.88. The van der Waals surface area contributed by atoms with E-state index in [1.807, 2.05) is 30.3 Å². The van der Waals surface area contributed by atoms with Crippen LogP contribution >= 0.6 is 0 Å². The number of halogens is 1. The van der Waals surface area contributed by atoms with Crippen LogP contribution in [0, 0.1) is 5.82 Å². The zero-order chi connectivity index (χ0) is 28.1. The van der Waals surface area contributed by atoms with Crippen LogP contribution in [0.15, 0.2) is 54.9 Å². The molecule has 1 aliphatic rings. The fraction of sp³-hybridized carbons (Fsp3) is 0.367. The lowest BCUT2D eigenvalue weighted by Crippen LogP contribution is -2.24. The van der Waals surface area contributed by atoms with Gasteiger partial charge in [0.15, 0.2) is 5.82 Å². The summed E-state index contributed by atoms with van der Waals surface area (Å²) in [5.74, 6) is 2.47. The summed E-state index contributed by atoms with van der Waals surface area (Å²) in [6.07, 6.45) is 4.44. The van der Waals surface area contributed by atoms with E-state index in [9.17, 15) is 14.6 Å². The van der Waals surface area contributed by atoms with Crippen LogP contribution in [0.2, 0.25) is 0 Å². The number of phenolic OH excluding ortho intramolecular Hbond substituents is 1. The molecule has 0 radical (unpaired) electrons. The maximum absolute atomic E-state index is 14.0. The molecule has 1 fully saturated rings. The van der Waals surface area contributed by atoms with Gasteiger partial charge in [-0.2, -0.15) is 0 Å². The number of nitrogens with zero attached hydrogens (tertiary/aromatic N) is 4. The molecule has 3 N–H and O–H groups in total. The fourth-order valence-electron chi connectivity index (χ4n) is 5.26. The Morgan fingerprint density at radius 2 is 1.95 bits per heavy atom. The van der Waals surface area contributed by atoms with Gasteiger partial charge in [-0.15, -0.1) is 0 Å². The number of aromatic nitrogens is 3. The van der Waals surface area contributed by atoms with E-state index in [0.717, 1.165) is 36.4 Å². The number of fused-ring (bicyclic) bond motifs is 1. The van der Waals surface area contributed by atoms with Gasteiger partial charge in [-0.05, 0) is 74.1 Å². The number of benzene rings is 2. The van der Waals surface area contributed by atoms with Crippen LogP contribution in [0.1, 0.15) is 42.9 Å². The highest BCUT2D eigenvalue weighted by Gasteiger charge is 2.29. The van der Waals surface area contributed by atoms with Gasteiger partial charge in [-0.3, -0.25) is 0 Å². The predicted molar refractivity (Wildman–Crippen MR) is 152 cm³/mol. The molecule has 9 nitrogen and oxygen atoms in total. The highest BCUT2D eigenvalue weighted by molar-refractivity contribution is 5.86. The van der Waals surface area contributed by atoms with Crippen LogP contribution in [0.25, 0.3) is 11.0 Å². The lowest BCUT2D eigenvalue weighted by atomic mass is 10.0. The van der Waals surface area contributed by atoms with Crippen LogP contribution in [-0.4, -0.2) is 58.6 Å². The first-order valence-electron chi connectivity index (χ1n) is 13.5. The summed E-state index contributed by atoms with van der Waals surface area (Å²) < 4.78 is 24.7. The van der Waals surface area contributed by atoms with Crippen molar-refractivity contribution in [3.05, 3.63) is 71.8 Å². The minimum atomic E-state index is -0.514. The highest BCUT2D eigenvalue weighted by atomic mass is 19.1. The van der Waals surface area contributed by atoms with Crippen molar-refractivity contribution in [1.29, 1.82) is 0 Å². The average molecular weight is 548 g/mol. The minimum Gasteiger partial charge on any atom is -0.508 e. The lowest BCUT2D eigenvalue weighted by molar-refractivity contribution is 0.158. The zero-order valence-electron chi connectivity index (χ0n) is 22.7. The standard InChI is InChI=1S/C30H34FN5O4/c1-39-22-9-6-19(27(17-22)40-2)5-8-21(37)13-14-32-30-29-24(33-18-34-30)10-12-28(35-29)36-15-3-4-25(36)23-16-20(31)7-11-26(23)38/h6-7,9-12,16-18,21,25,37-38H,3-5,8,13-15H2,1-2H3,(H,32,33,34)/t21-,25-/m1/s1. The van der Waals surface area contributed by atoms with Crippen LogP contribution in [0.3, 0.4) is 0 Å². The first-order valence-corrected chi connectivity index (χ1v) is 13.5. The normalized spacial score (nSPS) is 15.8. The number of aliphatic hydroxyl groups excluding tert-OH is 1. The molecule has 0 unspecified atom stereocenters. The third-order valence-electron chi connectivity index (χ3n) is 7.37. The molecule has 1 aliphatic heterocycles. The van der Waals surface area contributed by atoms with Crippen molar-refractivity contribution in [3.63, 3.8) is 0 Å². The summed E-state index contributed by atoms with van der Waals surface area (Å²) >= 11 is 0. The number of rotatable bonds is 11. The predicted octanol–water partition coefficient (Wildman–Crippen LogP) is 5.02. The van der Waals surface area contributed by atoms with Crippen molar-refractivity contribution in [2.24, 2.45) is 0 Å². The molecule has 0 aliphatic carbocycles. The van der Waals surface area contributed by atoms with Gasteiger partial charge in [0.25, 0.3) is 0 Å². The first-order chi connectivity index (χ1) is 19.5. The Bertz CT molecular complexity index is 1470. The van der Waals surface area contributed by atoms with E-state index in [2.05, 4.69) is 20.2 Å². The van der Waals surface area contributed by atoms with Gasteiger partial charge < -0.3 is 29.9 Å². The Labute approximate surface area is 232 Å². The molecule has 210 valence electrons. The Morgan fingerprint density at radius 1 is 1.07 bits per heavy atom. The number of aliphatic hydroxyl groups is 1. The molecule has 1 saturated heterocycles. The van der Waals surface area contributed by atoms with Crippen molar-refractivity contribution >= 4 is 22.7 Å². The largest absolute Gasteiger partial charge is 0.508 e. The molecule has 40 heavy (non-hydrogen) atoms. The van der Waals surface area contributed by atoms with E-state index in [1.165, 1.54) is 24.5 Å². The number of anilines is 2. The molecule has 4 aromatic rings. The molecule has 2 atom stereocenters. The topological polar surface area (TPSA) is 113 Å². The van der Waals surface area contributed by atoms with E-state index in [1.54, 1.807) is 14.2 Å². The smallest absolute Gasteiger partial charge is 0.156 e. The fourth-order valence-corrected chi connectivity index (χ4v) is 5.26. The number of methoxy groups -OCH3 is 2. The number of hydrogen-bond acceptors (Lipinski definition) is 9. The third-order valence-corrected chi connectivity index (χ3v) is 7.37. The molecule has 2 aromatic heterocycles. The maximum Gasteiger partial charge on any atom is 0.156 e. The highest BCUT2D eigenvalue weighted by Crippen LogP contribution is 2.39. The lowest BCUT2D eigenvalue weighted by Gasteiger charge is -2.27. The van der Waals surface area contributed by atoms with Crippen LogP contribution in [0.4, 0.5) is 16.0 Å². The Hall–Kier alpha value is -4.18. The molecule has 3 heterocycles. The molecule has 0 spiro atoms. The van der Waals surface area contributed by atoms with Gasteiger partial charge in [-0.1, -0.05) is 6.07 Å². The Morgan fingerprint density at radius 3 is 2.77 bits per heavy atom. The van der Waals surface area contributed by atoms with Crippen LogP contribution in [-0.2, 0) is 6.42 Å². The molecule has 0 saturated carbocycles. The van der Waals surface area contributed by atoms with Crippen LogP contribution < -0.4 is 19.7 Å². The van der Waals surface area contributed by atoms with Crippen molar-refractivity contribution in [1.82, 2.24) is 15.0 Å². The summed E-state index contributed by atoms with van der Waals surface area (Å²) in [4.78, 5) is 15.7. The van der Waals surface area contributed by atoms with Crippen molar-refractivity contribution in [2.75, 3.05) is 37.5 Å². The summed E-state index contributed by atoms with van der Waals surface area (Å²) in [7, 11) is 3.24. The van der Waals surface area contributed by atoms with Gasteiger partial charge >= 0.3 is 0 Å². The number of nitrogens with one attached hydrogen (secondary N) is 1. The monoisotopic (exact) mass is 547 g/mol. The molecule has 0 amide bonds. The second kappa shape index (κ2) is 12.3. The van der Waals surface area contributed by atoms with Gasteiger partial charge in [0.1, 0.15) is 40.7 Å². The Kier molecular flexibility index (Phi) is 8.45. The van der Waals surface area contributed by atoms with Crippen molar-refractivity contribution in [3.8, 4) is 17.2 Å². The molecule has 2 aromatic carbocycles. The van der Waals surface area contributed by atoms with Gasteiger partial charge in [0.05, 0.1) is 31.9 Å². The number of pyridine rings is 1. The molecule has 10 heteroatoms. The SMILES string of the molecule is COc1ccc(CC[C@@H](O)CCNc2ncnc3ccc(N4CCC[C@@H]4c4cc(F)ccc4O)nc23)c(OC)c1. The van der Waals surface area contributed by atoms with Gasteiger partial charge in [0.2, 0.25) is 0 Å². The van der Waals surface area contributed by atoms with E-state index in [-0.39, 0.29) is 17.6 Å². The zero-order valence-corrected chi connectivity index (χ0v) is 22.7. The van der Waals surface area contributed by atoms with E-state index >= 15 is 0 Å².